The quantitative estimate of drug-likeness (QED) is 0.187. The number of imidazole rings is 1. The summed E-state index contributed by atoms with van der Waals surface area (Å²) in [5, 5.41) is 5.01. The second-order valence-electron chi connectivity index (χ2n) is 10.8. The van der Waals surface area contributed by atoms with Crippen molar-refractivity contribution in [3.8, 4) is 10.6 Å². The first-order valence-electron chi connectivity index (χ1n) is 14.6. The average Bonchev–Trinajstić information content (AvgIpc) is 3.75. The van der Waals surface area contributed by atoms with Gasteiger partial charge in [-0.2, -0.15) is 0 Å². The lowest BCUT2D eigenvalue weighted by atomic mass is 9.77. The van der Waals surface area contributed by atoms with E-state index in [1.54, 1.807) is 4.90 Å². The van der Waals surface area contributed by atoms with Crippen LogP contribution in [-0.4, -0.2) is 27.9 Å². The largest absolute Gasteiger partial charge is 0.323 e. The molecule has 0 unspecified atom stereocenters. The van der Waals surface area contributed by atoms with Crippen molar-refractivity contribution < 1.29 is 9.59 Å². The first-order chi connectivity index (χ1) is 21.6. The van der Waals surface area contributed by atoms with E-state index in [1.807, 2.05) is 60.2 Å². The molecule has 0 fully saturated rings. The number of benzene rings is 4. The lowest BCUT2D eigenvalue weighted by Gasteiger charge is -2.37. The van der Waals surface area contributed by atoms with E-state index < -0.39 is 5.54 Å². The fourth-order valence-corrected chi connectivity index (χ4v) is 7.03. The maximum atomic E-state index is 13.3. The van der Waals surface area contributed by atoms with Crippen LogP contribution in [0.3, 0.4) is 0 Å². The van der Waals surface area contributed by atoms with Crippen LogP contribution in [0.4, 0.5) is 11.4 Å². The predicted molar refractivity (Wildman–Crippen MR) is 176 cm³/mol. The van der Waals surface area contributed by atoms with Crippen molar-refractivity contribution in [3.05, 3.63) is 161 Å². The number of carbonyl (C=O) groups excluding carboxylic acids is 2. The Labute approximate surface area is 260 Å². The van der Waals surface area contributed by atoms with Gasteiger partial charge in [0.1, 0.15) is 17.8 Å². The number of nitrogens with one attached hydrogen (secondary N) is 1. The Morgan fingerprint density at radius 1 is 0.773 bits per heavy atom. The minimum Gasteiger partial charge on any atom is -0.323 e. The molecule has 0 saturated heterocycles. The molecule has 1 N–H and O–H groups in total. The average molecular weight is 595 g/mol. The minimum atomic E-state index is -0.683. The van der Waals surface area contributed by atoms with Crippen molar-refractivity contribution in [1.82, 2.24) is 9.55 Å². The molecule has 0 atom stereocenters. The van der Waals surface area contributed by atoms with Gasteiger partial charge < -0.3 is 14.8 Å². The maximum absolute atomic E-state index is 13.3. The molecule has 1 aliphatic heterocycles. The summed E-state index contributed by atoms with van der Waals surface area (Å²) in [6.45, 7) is -0.0429. The van der Waals surface area contributed by atoms with Crippen LogP contribution in [0.25, 0.3) is 10.6 Å². The summed E-state index contributed by atoms with van der Waals surface area (Å²) in [5.74, 6) is -0.288. The summed E-state index contributed by atoms with van der Waals surface area (Å²) >= 11 is 1.52. The number of para-hydroxylation sites is 1. The van der Waals surface area contributed by atoms with Crippen molar-refractivity contribution in [1.29, 1.82) is 0 Å². The fraction of sp³-hybridized carbons (Fsp3) is 0.108. The van der Waals surface area contributed by atoms with Crippen molar-refractivity contribution >= 4 is 34.5 Å². The molecule has 0 bridgehead atoms. The second-order valence-corrected chi connectivity index (χ2v) is 11.7. The van der Waals surface area contributed by atoms with Crippen LogP contribution in [0, 0.1) is 0 Å². The molecule has 2 aromatic heterocycles. The van der Waals surface area contributed by atoms with E-state index in [-0.39, 0.29) is 18.4 Å². The van der Waals surface area contributed by atoms with Gasteiger partial charge in [-0.05, 0) is 46.2 Å². The van der Waals surface area contributed by atoms with Gasteiger partial charge in [0.05, 0.1) is 16.9 Å². The van der Waals surface area contributed by atoms with Gasteiger partial charge in [-0.25, -0.2) is 4.98 Å². The highest BCUT2D eigenvalue weighted by atomic mass is 32.1. The van der Waals surface area contributed by atoms with Crippen LogP contribution in [0.1, 0.15) is 28.7 Å². The SMILES string of the molecule is O=C(CN1C(=O)CCc2ccccc21)Nc1ccsc1-c1cn(C(c2ccccc2)(c2ccccc2)c2ccccc2)cn1. The number of hydrogen-bond donors (Lipinski definition) is 1. The second kappa shape index (κ2) is 11.8. The molecule has 216 valence electrons. The van der Waals surface area contributed by atoms with E-state index >= 15 is 0 Å². The van der Waals surface area contributed by atoms with Gasteiger partial charge >= 0.3 is 0 Å². The van der Waals surface area contributed by atoms with E-state index in [1.165, 1.54) is 11.3 Å². The zero-order valence-corrected chi connectivity index (χ0v) is 24.8. The van der Waals surface area contributed by atoms with Crippen molar-refractivity contribution in [2.75, 3.05) is 16.8 Å². The molecule has 6 nitrogen and oxygen atoms in total. The van der Waals surface area contributed by atoms with Gasteiger partial charge in [-0.15, -0.1) is 11.3 Å². The number of fused-ring (bicyclic) bond motifs is 1. The van der Waals surface area contributed by atoms with E-state index in [2.05, 4.69) is 88.9 Å². The Morgan fingerprint density at radius 3 is 2.00 bits per heavy atom. The summed E-state index contributed by atoms with van der Waals surface area (Å²) in [4.78, 5) is 33.4. The highest BCUT2D eigenvalue weighted by molar-refractivity contribution is 7.14. The van der Waals surface area contributed by atoms with Crippen LogP contribution < -0.4 is 10.2 Å². The number of nitrogens with zero attached hydrogens (tertiary/aromatic N) is 3. The van der Waals surface area contributed by atoms with Crippen LogP contribution in [0.5, 0.6) is 0 Å². The molecule has 3 heterocycles. The first kappa shape index (κ1) is 27.6. The molecule has 6 aromatic rings. The standard InChI is InChI=1S/C37H30N4O2S/c42-34(25-41-33-19-11-10-12-27(33)20-21-35(41)43)39-31-22-23-44-36(31)32-24-40(26-38-32)37(28-13-4-1-5-14-28,29-15-6-2-7-16-29)30-17-8-3-9-18-30/h1-19,22-24,26H,20-21,25H2,(H,39,42). The molecule has 0 spiro atoms. The number of rotatable bonds is 8. The van der Waals surface area contributed by atoms with Crippen molar-refractivity contribution in [2.45, 2.75) is 18.4 Å². The lowest BCUT2D eigenvalue weighted by molar-refractivity contribution is -0.121. The summed E-state index contributed by atoms with van der Waals surface area (Å²) in [7, 11) is 0. The molecule has 2 amide bonds. The molecule has 7 heteroatoms. The monoisotopic (exact) mass is 594 g/mol. The molecule has 7 rings (SSSR count). The third kappa shape index (κ3) is 4.91. The number of thiophene rings is 1. The van der Waals surface area contributed by atoms with E-state index in [0.717, 1.165) is 38.5 Å². The van der Waals surface area contributed by atoms with E-state index in [9.17, 15) is 9.59 Å². The number of aromatic nitrogens is 2. The molecular weight excluding hydrogens is 565 g/mol. The third-order valence-electron chi connectivity index (χ3n) is 8.21. The predicted octanol–water partition coefficient (Wildman–Crippen LogP) is 7.37. The zero-order valence-electron chi connectivity index (χ0n) is 24.0. The smallest absolute Gasteiger partial charge is 0.244 e. The Bertz CT molecular complexity index is 1820. The molecule has 0 aliphatic carbocycles. The lowest BCUT2D eigenvalue weighted by Crippen LogP contribution is -2.40. The Kier molecular flexibility index (Phi) is 7.38. The summed E-state index contributed by atoms with van der Waals surface area (Å²) < 4.78 is 2.16. The fourth-order valence-electron chi connectivity index (χ4n) is 6.22. The Hall–Kier alpha value is -5.27. The highest BCUT2D eigenvalue weighted by Gasteiger charge is 2.38. The number of amides is 2. The van der Waals surface area contributed by atoms with Crippen LogP contribution in [0.15, 0.2) is 139 Å². The van der Waals surface area contributed by atoms with Crippen LogP contribution in [0.2, 0.25) is 0 Å². The normalized spacial score (nSPS) is 13.0. The van der Waals surface area contributed by atoms with E-state index in [0.29, 0.717) is 18.5 Å². The summed E-state index contributed by atoms with van der Waals surface area (Å²) in [6.07, 6.45) is 5.02. The van der Waals surface area contributed by atoms with Crippen LogP contribution in [-0.2, 0) is 21.5 Å². The van der Waals surface area contributed by atoms with Gasteiger partial charge in [-0.3, -0.25) is 9.59 Å². The van der Waals surface area contributed by atoms with Gasteiger partial charge in [0.25, 0.3) is 0 Å². The Balaban J connectivity index is 1.25. The van der Waals surface area contributed by atoms with Crippen molar-refractivity contribution in [2.24, 2.45) is 0 Å². The molecule has 1 aliphatic rings. The highest BCUT2D eigenvalue weighted by Crippen LogP contribution is 2.42. The molecule has 0 saturated carbocycles. The Morgan fingerprint density at radius 2 is 1.36 bits per heavy atom. The number of carbonyl (C=O) groups is 2. The van der Waals surface area contributed by atoms with Crippen LogP contribution >= 0.6 is 11.3 Å². The minimum absolute atomic E-state index is 0.0396. The topological polar surface area (TPSA) is 67.2 Å². The van der Waals surface area contributed by atoms with Gasteiger partial charge in [0.2, 0.25) is 11.8 Å². The van der Waals surface area contributed by atoms with Gasteiger partial charge in [-0.1, -0.05) is 109 Å². The molecular formula is C37H30N4O2S. The van der Waals surface area contributed by atoms with Crippen molar-refractivity contribution in [3.63, 3.8) is 0 Å². The third-order valence-corrected chi connectivity index (χ3v) is 9.15. The number of hydrogen-bond acceptors (Lipinski definition) is 4. The van der Waals surface area contributed by atoms with Gasteiger partial charge in [0, 0.05) is 18.3 Å². The molecule has 0 radical (unpaired) electrons. The first-order valence-corrected chi connectivity index (χ1v) is 15.5. The molecule has 4 aromatic carbocycles. The number of anilines is 2. The zero-order chi connectivity index (χ0) is 29.9. The van der Waals surface area contributed by atoms with Gasteiger partial charge in [0.15, 0.2) is 0 Å². The van der Waals surface area contributed by atoms with E-state index in [4.69, 9.17) is 4.98 Å². The maximum Gasteiger partial charge on any atom is 0.244 e. The summed E-state index contributed by atoms with van der Waals surface area (Å²) in [5.41, 5.74) is 5.95. The molecule has 44 heavy (non-hydrogen) atoms. The number of aryl methyl sites for hydroxylation is 1. The summed E-state index contributed by atoms with van der Waals surface area (Å²) in [6, 6.07) is 41.0.